The maximum Gasteiger partial charge on any atom is 0.347 e. The van der Waals surface area contributed by atoms with E-state index in [2.05, 4.69) is 35.8 Å². The molecule has 5 nitrogen and oxygen atoms in total. The molecule has 31 heavy (non-hydrogen) atoms. The number of fused-ring (bicyclic) bond motifs is 1. The number of nitrogens with zero attached hydrogens (tertiary/aromatic N) is 1. The zero-order valence-corrected chi connectivity index (χ0v) is 17.4. The molecular weight excluding hydrogens is 390 g/mol. The topological polar surface area (TPSA) is 60.4 Å². The molecule has 0 spiro atoms. The van der Waals surface area contributed by atoms with Crippen LogP contribution in [0.4, 0.5) is 0 Å². The van der Waals surface area contributed by atoms with Gasteiger partial charge in [0.15, 0.2) is 36.1 Å². The minimum atomic E-state index is -0.685. The largest absolute Gasteiger partial charge is 0.493 e. The van der Waals surface area contributed by atoms with Crippen LogP contribution in [0.15, 0.2) is 88.3 Å². The Labute approximate surface area is 179 Å². The molecule has 2 aromatic carbocycles. The van der Waals surface area contributed by atoms with Crippen LogP contribution in [0.3, 0.4) is 0 Å². The summed E-state index contributed by atoms with van der Waals surface area (Å²) in [6.45, 7) is 2.84. The third kappa shape index (κ3) is 4.61. The molecule has 0 N–H and O–H groups in total. The lowest BCUT2D eigenvalue weighted by Gasteiger charge is -2.04. The molecule has 0 unspecified atom stereocenters. The SMILES string of the molecule is COc1cccc2cc(C(=O)/C=C/c3cc[n+](Cc4ccc(C)cc4)cc3)c(=O)oc12. The number of methoxy groups -OCH3 is 1. The highest BCUT2D eigenvalue weighted by atomic mass is 16.5. The molecule has 4 rings (SSSR count). The minimum Gasteiger partial charge on any atom is -0.493 e. The Balaban J connectivity index is 1.50. The fourth-order valence-electron chi connectivity index (χ4n) is 3.30. The van der Waals surface area contributed by atoms with Crippen molar-refractivity contribution in [3.8, 4) is 5.75 Å². The van der Waals surface area contributed by atoms with Gasteiger partial charge >= 0.3 is 5.63 Å². The molecule has 0 radical (unpaired) electrons. The van der Waals surface area contributed by atoms with E-state index in [0.29, 0.717) is 16.7 Å². The highest BCUT2D eigenvalue weighted by molar-refractivity contribution is 6.08. The van der Waals surface area contributed by atoms with Gasteiger partial charge in [0.25, 0.3) is 0 Å². The lowest BCUT2D eigenvalue weighted by atomic mass is 10.1. The highest BCUT2D eigenvalue weighted by Crippen LogP contribution is 2.24. The van der Waals surface area contributed by atoms with E-state index >= 15 is 0 Å². The molecule has 5 heteroatoms. The molecule has 0 saturated heterocycles. The zero-order chi connectivity index (χ0) is 21.8. The fourth-order valence-corrected chi connectivity index (χ4v) is 3.30. The summed E-state index contributed by atoms with van der Waals surface area (Å²) in [5.74, 6) is 0.0437. The van der Waals surface area contributed by atoms with Crippen molar-refractivity contribution >= 4 is 22.8 Å². The Bertz CT molecular complexity index is 1320. The summed E-state index contributed by atoms with van der Waals surface area (Å²) in [6.07, 6.45) is 6.99. The van der Waals surface area contributed by atoms with Gasteiger partial charge in [0, 0.05) is 23.1 Å². The van der Waals surface area contributed by atoms with Crippen LogP contribution < -0.4 is 14.9 Å². The van der Waals surface area contributed by atoms with Gasteiger partial charge in [-0.3, -0.25) is 4.79 Å². The number of aryl methyl sites for hydroxylation is 1. The van der Waals surface area contributed by atoms with Gasteiger partial charge in [-0.1, -0.05) is 48.0 Å². The van der Waals surface area contributed by atoms with Crippen LogP contribution in [0.5, 0.6) is 5.75 Å². The Morgan fingerprint density at radius 3 is 2.52 bits per heavy atom. The average molecular weight is 412 g/mol. The molecule has 0 fully saturated rings. The first-order valence-corrected chi connectivity index (χ1v) is 9.91. The molecule has 4 aromatic rings. The average Bonchev–Trinajstić information content (AvgIpc) is 2.79. The number of hydrogen-bond donors (Lipinski definition) is 0. The number of carbonyl (C=O) groups excluding carboxylic acids is 1. The second-order valence-corrected chi connectivity index (χ2v) is 7.31. The van der Waals surface area contributed by atoms with Gasteiger partial charge < -0.3 is 9.15 Å². The van der Waals surface area contributed by atoms with Gasteiger partial charge in [-0.25, -0.2) is 9.36 Å². The Morgan fingerprint density at radius 2 is 1.81 bits per heavy atom. The van der Waals surface area contributed by atoms with E-state index in [0.717, 1.165) is 12.1 Å². The van der Waals surface area contributed by atoms with Crippen molar-refractivity contribution < 1.29 is 18.5 Å². The minimum absolute atomic E-state index is 0.0117. The second kappa shape index (κ2) is 8.79. The van der Waals surface area contributed by atoms with Gasteiger partial charge in [-0.05, 0) is 30.7 Å². The van der Waals surface area contributed by atoms with Crippen molar-refractivity contribution in [1.82, 2.24) is 0 Å². The lowest BCUT2D eigenvalue weighted by Crippen LogP contribution is -2.33. The first-order valence-electron chi connectivity index (χ1n) is 9.91. The van der Waals surface area contributed by atoms with E-state index in [1.165, 1.54) is 30.4 Å². The third-order valence-electron chi connectivity index (χ3n) is 5.04. The molecule has 0 aliphatic carbocycles. The number of benzene rings is 2. The summed E-state index contributed by atoms with van der Waals surface area (Å²) in [5.41, 5.74) is 2.95. The van der Waals surface area contributed by atoms with Crippen molar-refractivity contribution in [3.05, 3.63) is 112 Å². The molecule has 0 amide bonds. The van der Waals surface area contributed by atoms with Crippen LogP contribution in [0, 0.1) is 6.92 Å². The maximum atomic E-state index is 12.6. The Kier molecular flexibility index (Phi) is 5.76. The number of carbonyl (C=O) groups is 1. The highest BCUT2D eigenvalue weighted by Gasteiger charge is 2.13. The van der Waals surface area contributed by atoms with Crippen molar-refractivity contribution in [2.24, 2.45) is 0 Å². The molecule has 0 atom stereocenters. The van der Waals surface area contributed by atoms with Crippen molar-refractivity contribution in [1.29, 1.82) is 0 Å². The summed E-state index contributed by atoms with van der Waals surface area (Å²) < 4.78 is 12.6. The maximum absolute atomic E-state index is 12.6. The first-order chi connectivity index (χ1) is 15.0. The summed E-state index contributed by atoms with van der Waals surface area (Å²) in [7, 11) is 1.50. The first kappa shape index (κ1) is 20.3. The zero-order valence-electron chi connectivity index (χ0n) is 17.4. The number of para-hydroxylation sites is 1. The van der Waals surface area contributed by atoms with Gasteiger partial charge in [0.05, 0.1) is 7.11 Å². The summed E-state index contributed by atoms with van der Waals surface area (Å²) in [5, 5.41) is 0.632. The Morgan fingerprint density at radius 1 is 1.06 bits per heavy atom. The quantitative estimate of drug-likeness (QED) is 0.205. The van der Waals surface area contributed by atoms with E-state index in [-0.39, 0.29) is 5.56 Å². The number of pyridine rings is 1. The van der Waals surface area contributed by atoms with Crippen LogP contribution in [0.1, 0.15) is 27.0 Å². The van der Waals surface area contributed by atoms with Crippen LogP contribution in [-0.2, 0) is 6.54 Å². The number of ketones is 1. The molecule has 0 aliphatic heterocycles. The van der Waals surface area contributed by atoms with Gasteiger partial charge in [-0.15, -0.1) is 0 Å². The van der Waals surface area contributed by atoms with Crippen LogP contribution in [0.25, 0.3) is 17.0 Å². The van der Waals surface area contributed by atoms with Crippen LogP contribution in [-0.4, -0.2) is 12.9 Å². The normalized spacial score (nSPS) is 11.2. The van der Waals surface area contributed by atoms with Crippen molar-refractivity contribution in [2.75, 3.05) is 7.11 Å². The van der Waals surface area contributed by atoms with E-state index in [9.17, 15) is 9.59 Å². The lowest BCUT2D eigenvalue weighted by molar-refractivity contribution is -0.688. The number of ether oxygens (including phenoxy) is 1. The summed E-state index contributed by atoms with van der Waals surface area (Å²) in [6, 6.07) is 19.0. The number of allylic oxidation sites excluding steroid dienone is 1. The predicted molar refractivity (Wildman–Crippen MR) is 119 cm³/mol. The van der Waals surface area contributed by atoms with E-state index in [1.54, 1.807) is 24.3 Å². The molecule has 0 bridgehead atoms. The monoisotopic (exact) mass is 412 g/mol. The molecule has 154 valence electrons. The van der Waals surface area contributed by atoms with E-state index < -0.39 is 11.4 Å². The molecule has 2 heterocycles. The van der Waals surface area contributed by atoms with Crippen LogP contribution >= 0.6 is 0 Å². The van der Waals surface area contributed by atoms with Crippen molar-refractivity contribution in [2.45, 2.75) is 13.5 Å². The second-order valence-electron chi connectivity index (χ2n) is 7.31. The summed E-state index contributed by atoms with van der Waals surface area (Å²) >= 11 is 0. The van der Waals surface area contributed by atoms with Crippen molar-refractivity contribution in [3.63, 3.8) is 0 Å². The molecule has 0 saturated carbocycles. The van der Waals surface area contributed by atoms with E-state index in [4.69, 9.17) is 9.15 Å². The molecular formula is C26H22NO4+. The third-order valence-corrected chi connectivity index (χ3v) is 5.04. The van der Waals surface area contributed by atoms with Gasteiger partial charge in [0.1, 0.15) is 5.56 Å². The number of aromatic nitrogens is 1. The van der Waals surface area contributed by atoms with Gasteiger partial charge in [-0.2, -0.15) is 0 Å². The molecule has 2 aromatic heterocycles. The number of rotatable bonds is 6. The molecule has 0 aliphatic rings. The Hall–Kier alpha value is -3.99. The standard InChI is InChI=1S/C26H22NO4/c1-18-6-8-20(9-7-18)17-27-14-12-19(13-15-27)10-11-23(28)22-16-21-4-3-5-24(30-2)25(21)31-26(22)29/h3-16H,17H2,1-2H3/q+1/b11-10+. The van der Waals surface area contributed by atoms with Gasteiger partial charge in [0.2, 0.25) is 0 Å². The van der Waals surface area contributed by atoms with Crippen LogP contribution in [0.2, 0.25) is 0 Å². The smallest absolute Gasteiger partial charge is 0.347 e. The fraction of sp³-hybridized carbons (Fsp3) is 0.115. The van der Waals surface area contributed by atoms with E-state index in [1.807, 2.05) is 24.5 Å². The summed E-state index contributed by atoms with van der Waals surface area (Å²) in [4.78, 5) is 24.9. The predicted octanol–water partition coefficient (Wildman–Crippen LogP) is 4.34. The number of hydrogen-bond acceptors (Lipinski definition) is 4.